The van der Waals surface area contributed by atoms with Gasteiger partial charge in [0.25, 0.3) is 0 Å². The second kappa shape index (κ2) is 5.85. The molecule has 0 aliphatic carbocycles. The van der Waals surface area contributed by atoms with Crippen LogP contribution in [0.25, 0.3) is 0 Å². The van der Waals surface area contributed by atoms with Gasteiger partial charge in [0, 0.05) is 11.0 Å². The van der Waals surface area contributed by atoms with Crippen molar-refractivity contribution in [3.8, 4) is 5.75 Å². The normalized spacial score (nSPS) is 11.3. The van der Waals surface area contributed by atoms with E-state index in [2.05, 4.69) is 6.92 Å². The highest BCUT2D eigenvalue weighted by Crippen LogP contribution is 2.22. The summed E-state index contributed by atoms with van der Waals surface area (Å²) in [6.45, 7) is 8.67. The molecule has 0 aliphatic rings. The summed E-state index contributed by atoms with van der Waals surface area (Å²) in [5.41, 5.74) is 0.422. The monoisotopic (exact) mass is 234 g/mol. The van der Waals surface area contributed by atoms with Crippen LogP contribution in [0.1, 0.15) is 50.9 Å². The maximum absolute atomic E-state index is 12.0. The SMILES string of the molecule is CCCCOc1ccc(C(=O)C(C)(C)C)cc1. The van der Waals surface area contributed by atoms with Crippen molar-refractivity contribution in [2.45, 2.75) is 40.5 Å². The van der Waals surface area contributed by atoms with E-state index in [-0.39, 0.29) is 11.2 Å². The van der Waals surface area contributed by atoms with E-state index in [1.165, 1.54) is 0 Å². The topological polar surface area (TPSA) is 26.3 Å². The second-order valence-electron chi connectivity index (χ2n) is 5.31. The molecule has 0 bridgehead atoms. The van der Waals surface area contributed by atoms with Crippen LogP contribution in [-0.4, -0.2) is 12.4 Å². The molecule has 0 N–H and O–H groups in total. The molecule has 1 aromatic rings. The van der Waals surface area contributed by atoms with Crippen LogP contribution in [0.2, 0.25) is 0 Å². The van der Waals surface area contributed by atoms with Gasteiger partial charge in [-0.3, -0.25) is 4.79 Å². The summed E-state index contributed by atoms with van der Waals surface area (Å²) >= 11 is 0. The number of carbonyl (C=O) groups is 1. The van der Waals surface area contributed by atoms with Crippen LogP contribution >= 0.6 is 0 Å². The van der Waals surface area contributed by atoms with E-state index in [4.69, 9.17) is 4.74 Å². The summed E-state index contributed by atoms with van der Waals surface area (Å²) in [6, 6.07) is 7.42. The molecule has 1 aromatic carbocycles. The van der Waals surface area contributed by atoms with Crippen LogP contribution in [-0.2, 0) is 0 Å². The molecule has 0 saturated carbocycles. The Morgan fingerprint density at radius 2 is 1.76 bits per heavy atom. The fourth-order valence-corrected chi connectivity index (χ4v) is 1.47. The standard InChI is InChI=1S/C15H22O2/c1-5-6-11-17-13-9-7-12(8-10-13)14(16)15(2,3)4/h7-10H,5-6,11H2,1-4H3. The smallest absolute Gasteiger partial charge is 0.168 e. The van der Waals surface area contributed by atoms with E-state index in [1.807, 2.05) is 45.0 Å². The lowest BCUT2D eigenvalue weighted by Gasteiger charge is -2.16. The largest absolute Gasteiger partial charge is 0.494 e. The fourth-order valence-electron chi connectivity index (χ4n) is 1.47. The molecule has 0 heterocycles. The number of rotatable bonds is 5. The number of hydrogen-bond acceptors (Lipinski definition) is 2. The van der Waals surface area contributed by atoms with Gasteiger partial charge in [0.2, 0.25) is 0 Å². The first-order chi connectivity index (χ1) is 7.95. The van der Waals surface area contributed by atoms with Crippen LogP contribution in [0.15, 0.2) is 24.3 Å². The lowest BCUT2D eigenvalue weighted by atomic mass is 9.86. The van der Waals surface area contributed by atoms with Crippen molar-refractivity contribution in [3.05, 3.63) is 29.8 Å². The summed E-state index contributed by atoms with van der Waals surface area (Å²) in [4.78, 5) is 12.0. The molecule has 0 amide bonds. The predicted molar refractivity (Wildman–Crippen MR) is 70.6 cm³/mol. The van der Waals surface area contributed by atoms with Crippen molar-refractivity contribution in [1.29, 1.82) is 0 Å². The van der Waals surface area contributed by atoms with Crippen molar-refractivity contribution in [2.24, 2.45) is 5.41 Å². The first kappa shape index (κ1) is 13.8. The Morgan fingerprint density at radius 1 is 1.18 bits per heavy atom. The summed E-state index contributed by atoms with van der Waals surface area (Å²) in [5, 5.41) is 0. The number of benzene rings is 1. The quantitative estimate of drug-likeness (QED) is 0.566. The number of unbranched alkanes of at least 4 members (excludes halogenated alkanes) is 1. The summed E-state index contributed by atoms with van der Waals surface area (Å²) in [7, 11) is 0. The summed E-state index contributed by atoms with van der Waals surface area (Å²) in [5.74, 6) is 1.00. The van der Waals surface area contributed by atoms with Gasteiger partial charge in [0.05, 0.1) is 6.61 Å². The van der Waals surface area contributed by atoms with Crippen molar-refractivity contribution >= 4 is 5.78 Å². The molecule has 0 aromatic heterocycles. The van der Waals surface area contributed by atoms with Crippen LogP contribution in [0.3, 0.4) is 0 Å². The van der Waals surface area contributed by atoms with Crippen molar-refractivity contribution in [2.75, 3.05) is 6.61 Å². The van der Waals surface area contributed by atoms with E-state index < -0.39 is 0 Å². The number of ether oxygens (including phenoxy) is 1. The molecule has 0 unspecified atom stereocenters. The number of ketones is 1. The molecule has 2 heteroatoms. The second-order valence-corrected chi connectivity index (χ2v) is 5.31. The lowest BCUT2D eigenvalue weighted by molar-refractivity contribution is 0.0858. The third kappa shape index (κ3) is 4.22. The highest BCUT2D eigenvalue weighted by Gasteiger charge is 2.22. The van der Waals surface area contributed by atoms with Crippen LogP contribution in [0.5, 0.6) is 5.75 Å². The Labute approximate surface area is 104 Å². The zero-order chi connectivity index (χ0) is 12.9. The lowest BCUT2D eigenvalue weighted by Crippen LogP contribution is -2.19. The molecule has 0 fully saturated rings. The van der Waals surface area contributed by atoms with Gasteiger partial charge in [-0.15, -0.1) is 0 Å². The van der Waals surface area contributed by atoms with Crippen LogP contribution in [0.4, 0.5) is 0 Å². The first-order valence-electron chi connectivity index (χ1n) is 6.23. The minimum Gasteiger partial charge on any atom is -0.494 e. The molecule has 0 spiro atoms. The molecule has 1 rings (SSSR count). The Morgan fingerprint density at radius 3 is 2.24 bits per heavy atom. The number of carbonyl (C=O) groups excluding carboxylic acids is 1. The summed E-state index contributed by atoms with van der Waals surface area (Å²) in [6.07, 6.45) is 2.18. The zero-order valence-corrected chi connectivity index (χ0v) is 11.2. The maximum Gasteiger partial charge on any atom is 0.168 e. The first-order valence-corrected chi connectivity index (χ1v) is 6.23. The van der Waals surface area contributed by atoms with E-state index in [1.54, 1.807) is 0 Å². The Balaban J connectivity index is 2.65. The molecule has 17 heavy (non-hydrogen) atoms. The van der Waals surface area contributed by atoms with E-state index >= 15 is 0 Å². The molecule has 0 saturated heterocycles. The predicted octanol–water partition coefficient (Wildman–Crippen LogP) is 4.09. The molecular weight excluding hydrogens is 212 g/mol. The number of Topliss-reactive ketones (excluding diaryl/α,β-unsaturated/α-hetero) is 1. The fraction of sp³-hybridized carbons (Fsp3) is 0.533. The van der Waals surface area contributed by atoms with Crippen LogP contribution in [0, 0.1) is 5.41 Å². The van der Waals surface area contributed by atoms with Gasteiger partial charge in [-0.2, -0.15) is 0 Å². The van der Waals surface area contributed by atoms with E-state index in [9.17, 15) is 4.79 Å². The highest BCUT2D eigenvalue weighted by atomic mass is 16.5. The molecule has 0 atom stereocenters. The van der Waals surface area contributed by atoms with Gasteiger partial charge in [-0.25, -0.2) is 0 Å². The maximum atomic E-state index is 12.0. The van der Waals surface area contributed by atoms with Gasteiger partial charge in [0.1, 0.15) is 5.75 Å². The minimum absolute atomic E-state index is 0.164. The molecular formula is C15H22O2. The van der Waals surface area contributed by atoms with Gasteiger partial charge in [0.15, 0.2) is 5.78 Å². The Bertz CT molecular complexity index is 358. The number of hydrogen-bond donors (Lipinski definition) is 0. The summed E-state index contributed by atoms with van der Waals surface area (Å²) < 4.78 is 5.56. The highest BCUT2D eigenvalue weighted by molar-refractivity contribution is 5.99. The van der Waals surface area contributed by atoms with E-state index in [0.29, 0.717) is 0 Å². The molecule has 0 aliphatic heterocycles. The van der Waals surface area contributed by atoms with Crippen molar-refractivity contribution < 1.29 is 9.53 Å². The minimum atomic E-state index is -0.329. The third-order valence-electron chi connectivity index (χ3n) is 2.56. The van der Waals surface area contributed by atoms with Crippen LogP contribution < -0.4 is 4.74 Å². The van der Waals surface area contributed by atoms with Gasteiger partial charge in [-0.05, 0) is 30.7 Å². The van der Waals surface area contributed by atoms with E-state index in [0.717, 1.165) is 30.8 Å². The zero-order valence-electron chi connectivity index (χ0n) is 11.2. The Kier molecular flexibility index (Phi) is 4.73. The van der Waals surface area contributed by atoms with Crippen molar-refractivity contribution in [1.82, 2.24) is 0 Å². The van der Waals surface area contributed by atoms with Gasteiger partial charge in [-0.1, -0.05) is 34.1 Å². The molecule has 2 nitrogen and oxygen atoms in total. The van der Waals surface area contributed by atoms with Crippen molar-refractivity contribution in [3.63, 3.8) is 0 Å². The average molecular weight is 234 g/mol. The third-order valence-corrected chi connectivity index (χ3v) is 2.56. The molecule has 94 valence electrons. The van der Waals surface area contributed by atoms with Gasteiger partial charge < -0.3 is 4.74 Å². The molecule has 0 radical (unpaired) electrons. The Hall–Kier alpha value is -1.31. The van der Waals surface area contributed by atoms with Gasteiger partial charge >= 0.3 is 0 Å². The average Bonchev–Trinajstić information content (AvgIpc) is 2.28.